The standard InChI is InChI=1S/C19H26F2N4.HI/c1-2-22-19(23-10-8-15-6-5-7-17(20)18(15)21)25-13-9-16(14-25)24-11-3-4-12-24;/h3-7,16H,2,8-14H2,1H3,(H,22,23);1H. The molecule has 0 radical (unpaired) electrons. The van der Waals surface area contributed by atoms with Gasteiger partial charge < -0.3 is 10.2 Å². The molecule has 0 amide bonds. The molecule has 1 fully saturated rings. The number of nitrogens with one attached hydrogen (secondary N) is 1. The minimum absolute atomic E-state index is 0. The topological polar surface area (TPSA) is 30.9 Å². The molecule has 2 aliphatic rings. The zero-order chi connectivity index (χ0) is 17.6. The smallest absolute Gasteiger partial charge is 0.193 e. The van der Waals surface area contributed by atoms with Crippen LogP contribution in [0.25, 0.3) is 0 Å². The Kier molecular flexibility index (Phi) is 8.27. The van der Waals surface area contributed by atoms with Gasteiger partial charge in [0.2, 0.25) is 0 Å². The van der Waals surface area contributed by atoms with Crippen molar-refractivity contribution in [1.29, 1.82) is 0 Å². The van der Waals surface area contributed by atoms with Crippen molar-refractivity contribution in [2.45, 2.75) is 25.8 Å². The van der Waals surface area contributed by atoms with E-state index in [9.17, 15) is 8.78 Å². The van der Waals surface area contributed by atoms with Gasteiger partial charge in [0.25, 0.3) is 0 Å². The van der Waals surface area contributed by atoms with Crippen molar-refractivity contribution in [3.8, 4) is 0 Å². The van der Waals surface area contributed by atoms with E-state index in [1.165, 1.54) is 6.07 Å². The molecule has 2 heterocycles. The third kappa shape index (κ3) is 5.16. The van der Waals surface area contributed by atoms with Crippen molar-refractivity contribution < 1.29 is 8.78 Å². The van der Waals surface area contributed by atoms with Crippen LogP contribution in [-0.4, -0.2) is 61.1 Å². The number of halogens is 3. The molecule has 26 heavy (non-hydrogen) atoms. The van der Waals surface area contributed by atoms with Gasteiger partial charge in [-0.15, -0.1) is 24.0 Å². The summed E-state index contributed by atoms with van der Waals surface area (Å²) in [4.78, 5) is 9.38. The maximum Gasteiger partial charge on any atom is 0.193 e. The summed E-state index contributed by atoms with van der Waals surface area (Å²) in [5.41, 5.74) is 0.377. The number of nitrogens with zero attached hydrogens (tertiary/aromatic N) is 3. The van der Waals surface area contributed by atoms with Crippen LogP contribution in [-0.2, 0) is 6.42 Å². The van der Waals surface area contributed by atoms with Gasteiger partial charge in [-0.25, -0.2) is 8.78 Å². The lowest BCUT2D eigenvalue weighted by Crippen LogP contribution is -2.43. The summed E-state index contributed by atoms with van der Waals surface area (Å²) >= 11 is 0. The molecule has 0 aliphatic carbocycles. The number of benzene rings is 1. The number of aliphatic imine (C=N–C) groups is 1. The van der Waals surface area contributed by atoms with E-state index >= 15 is 0 Å². The van der Waals surface area contributed by atoms with Crippen molar-refractivity contribution in [2.24, 2.45) is 4.99 Å². The zero-order valence-corrected chi connectivity index (χ0v) is 17.5. The maximum atomic E-state index is 13.7. The Morgan fingerprint density at radius 2 is 2.04 bits per heavy atom. The molecule has 2 aliphatic heterocycles. The quantitative estimate of drug-likeness (QED) is 0.307. The molecule has 1 aromatic carbocycles. The highest BCUT2D eigenvalue weighted by Gasteiger charge is 2.29. The van der Waals surface area contributed by atoms with Crippen LogP contribution < -0.4 is 5.32 Å². The predicted molar refractivity (Wildman–Crippen MR) is 112 cm³/mol. The first-order chi connectivity index (χ1) is 12.2. The third-order valence-corrected chi connectivity index (χ3v) is 4.83. The number of hydrogen-bond acceptors (Lipinski definition) is 2. The molecule has 1 N–H and O–H groups in total. The molecule has 1 aromatic rings. The Hall–Kier alpha value is -1.22. The van der Waals surface area contributed by atoms with Gasteiger partial charge in [-0.1, -0.05) is 24.3 Å². The van der Waals surface area contributed by atoms with Crippen LogP contribution in [0.1, 0.15) is 18.9 Å². The molecule has 1 saturated heterocycles. The van der Waals surface area contributed by atoms with E-state index in [2.05, 4.69) is 32.3 Å². The highest BCUT2D eigenvalue weighted by atomic mass is 127. The highest BCUT2D eigenvalue weighted by molar-refractivity contribution is 14.0. The average molecular weight is 476 g/mol. The second kappa shape index (κ2) is 10.2. The first kappa shape index (κ1) is 21.1. The summed E-state index contributed by atoms with van der Waals surface area (Å²) in [5, 5.41) is 3.32. The monoisotopic (exact) mass is 476 g/mol. The fourth-order valence-electron chi connectivity index (χ4n) is 3.47. The van der Waals surface area contributed by atoms with Crippen molar-refractivity contribution in [2.75, 3.05) is 39.3 Å². The lowest BCUT2D eigenvalue weighted by molar-refractivity contribution is 0.259. The third-order valence-electron chi connectivity index (χ3n) is 4.83. The minimum atomic E-state index is -0.796. The molecule has 4 nitrogen and oxygen atoms in total. The predicted octanol–water partition coefficient (Wildman–Crippen LogP) is 3.04. The van der Waals surface area contributed by atoms with Gasteiger partial charge in [-0.2, -0.15) is 0 Å². The summed E-state index contributed by atoms with van der Waals surface area (Å²) in [7, 11) is 0. The van der Waals surface area contributed by atoms with Gasteiger partial charge in [0, 0.05) is 45.3 Å². The number of likely N-dealkylation sites (tertiary alicyclic amines) is 1. The Morgan fingerprint density at radius 3 is 2.77 bits per heavy atom. The molecule has 0 saturated carbocycles. The molecule has 7 heteroatoms. The van der Waals surface area contributed by atoms with Crippen molar-refractivity contribution >= 4 is 29.9 Å². The van der Waals surface area contributed by atoms with E-state index in [4.69, 9.17) is 0 Å². The summed E-state index contributed by atoms with van der Waals surface area (Å²) in [5.74, 6) is -0.686. The van der Waals surface area contributed by atoms with Crippen molar-refractivity contribution in [3.63, 3.8) is 0 Å². The molecule has 1 atom stereocenters. The Balaban J connectivity index is 0.00000243. The second-order valence-corrected chi connectivity index (χ2v) is 6.51. The van der Waals surface area contributed by atoms with E-state index in [0.29, 0.717) is 24.6 Å². The lowest BCUT2D eigenvalue weighted by atomic mass is 10.1. The largest absolute Gasteiger partial charge is 0.357 e. The van der Waals surface area contributed by atoms with Gasteiger partial charge in [0.15, 0.2) is 17.6 Å². The highest BCUT2D eigenvalue weighted by Crippen LogP contribution is 2.18. The van der Waals surface area contributed by atoms with Crippen LogP contribution in [0.15, 0.2) is 35.3 Å². The summed E-state index contributed by atoms with van der Waals surface area (Å²) in [6.07, 6.45) is 5.96. The van der Waals surface area contributed by atoms with Crippen LogP contribution in [0, 0.1) is 11.6 Å². The van der Waals surface area contributed by atoms with Crippen LogP contribution in [0.3, 0.4) is 0 Å². The number of guanidine groups is 1. The fourth-order valence-corrected chi connectivity index (χ4v) is 3.47. The molecule has 0 spiro atoms. The zero-order valence-electron chi connectivity index (χ0n) is 15.1. The second-order valence-electron chi connectivity index (χ2n) is 6.51. The summed E-state index contributed by atoms with van der Waals surface area (Å²) < 4.78 is 27.0. The Bertz CT molecular complexity index is 642. The van der Waals surface area contributed by atoms with Gasteiger partial charge in [-0.3, -0.25) is 9.89 Å². The van der Waals surface area contributed by atoms with Gasteiger partial charge in [0.05, 0.1) is 0 Å². The van der Waals surface area contributed by atoms with Gasteiger partial charge in [-0.05, 0) is 31.4 Å². The van der Waals surface area contributed by atoms with E-state index in [1.807, 2.05) is 6.92 Å². The van der Waals surface area contributed by atoms with Crippen LogP contribution >= 0.6 is 24.0 Å². The maximum absolute atomic E-state index is 13.7. The van der Waals surface area contributed by atoms with E-state index in [1.54, 1.807) is 6.07 Å². The van der Waals surface area contributed by atoms with Crippen LogP contribution in [0.4, 0.5) is 8.78 Å². The van der Waals surface area contributed by atoms with Crippen molar-refractivity contribution in [1.82, 2.24) is 15.1 Å². The van der Waals surface area contributed by atoms with Crippen molar-refractivity contribution in [3.05, 3.63) is 47.5 Å². The molecular formula is C19H27F2IN4. The summed E-state index contributed by atoms with van der Waals surface area (Å²) in [6.45, 7) is 7.27. The first-order valence-corrected chi connectivity index (χ1v) is 9.04. The van der Waals surface area contributed by atoms with E-state index < -0.39 is 11.6 Å². The molecule has 0 aromatic heterocycles. The number of rotatable bonds is 5. The molecule has 1 unspecified atom stereocenters. The molecular weight excluding hydrogens is 449 g/mol. The first-order valence-electron chi connectivity index (χ1n) is 9.04. The van der Waals surface area contributed by atoms with Crippen LogP contribution in [0.2, 0.25) is 0 Å². The lowest BCUT2D eigenvalue weighted by Gasteiger charge is -2.25. The van der Waals surface area contributed by atoms with Gasteiger partial charge in [0.1, 0.15) is 0 Å². The fraction of sp³-hybridized carbons (Fsp3) is 0.526. The van der Waals surface area contributed by atoms with Crippen LogP contribution in [0.5, 0.6) is 0 Å². The minimum Gasteiger partial charge on any atom is -0.357 e. The van der Waals surface area contributed by atoms with E-state index in [0.717, 1.165) is 51.2 Å². The number of hydrogen-bond donors (Lipinski definition) is 1. The Labute approximate surface area is 171 Å². The molecule has 3 rings (SSSR count). The molecule has 144 valence electrons. The summed E-state index contributed by atoms with van der Waals surface area (Å²) in [6, 6.07) is 4.86. The Morgan fingerprint density at radius 1 is 1.27 bits per heavy atom. The molecule has 0 bridgehead atoms. The average Bonchev–Trinajstić information content (AvgIpc) is 3.28. The van der Waals surface area contributed by atoms with Gasteiger partial charge >= 0.3 is 0 Å². The normalized spacial score (nSPS) is 20.5. The van der Waals surface area contributed by atoms with E-state index in [-0.39, 0.29) is 24.0 Å². The SMILES string of the molecule is CCNC(=NCCc1cccc(F)c1F)N1CCC(N2CC=CC2)C1.I.